The van der Waals surface area contributed by atoms with Gasteiger partial charge < -0.3 is 4.74 Å². The Morgan fingerprint density at radius 3 is 3.00 bits per heavy atom. The maximum atomic E-state index is 12.8. The van der Waals surface area contributed by atoms with Gasteiger partial charge in [-0.15, -0.1) is 10.2 Å². The Morgan fingerprint density at radius 1 is 1.33 bits per heavy atom. The minimum atomic E-state index is 0.00280. The average molecular weight is 344 g/mol. The summed E-state index contributed by atoms with van der Waals surface area (Å²) in [7, 11) is 0. The zero-order chi connectivity index (χ0) is 16.5. The second-order valence-electron chi connectivity index (χ2n) is 6.04. The van der Waals surface area contributed by atoms with Crippen LogP contribution in [0.25, 0.3) is 16.7 Å². The molecule has 4 rings (SSSR count). The summed E-state index contributed by atoms with van der Waals surface area (Å²) in [6.45, 7) is 3.55. The first kappa shape index (κ1) is 15.7. The van der Waals surface area contributed by atoms with Crippen molar-refractivity contribution < 1.29 is 4.74 Å². The summed E-state index contributed by atoms with van der Waals surface area (Å²) in [5.74, 6) is 1.48. The molecule has 1 aliphatic heterocycles. The largest absolute Gasteiger partial charge is 0.377 e. The zero-order valence-electron chi connectivity index (χ0n) is 13.6. The Balaban J connectivity index is 1.85. The van der Waals surface area contributed by atoms with Crippen molar-refractivity contribution in [2.24, 2.45) is 0 Å². The predicted molar refractivity (Wildman–Crippen MR) is 94.7 cm³/mol. The first-order valence-corrected chi connectivity index (χ1v) is 9.39. The first-order valence-electron chi connectivity index (χ1n) is 8.40. The van der Waals surface area contributed by atoms with Crippen LogP contribution >= 0.6 is 11.8 Å². The lowest BCUT2D eigenvalue weighted by molar-refractivity contribution is 0.129. The standard InChI is InChI=1S/C17H20N4O2S/c1-2-9-20-15(22)13-7-3-4-8-14(13)21-16(20)18-19-17(21)24-11-12-6-5-10-23-12/h3-4,7-8,12H,2,5-6,9-11H2,1H3. The van der Waals surface area contributed by atoms with Gasteiger partial charge >= 0.3 is 0 Å². The number of para-hydroxylation sites is 1. The molecule has 3 heterocycles. The van der Waals surface area contributed by atoms with Gasteiger partial charge in [-0.25, -0.2) is 0 Å². The Kier molecular flexibility index (Phi) is 4.28. The highest BCUT2D eigenvalue weighted by molar-refractivity contribution is 7.99. The highest BCUT2D eigenvalue weighted by atomic mass is 32.2. The van der Waals surface area contributed by atoms with Gasteiger partial charge in [-0.3, -0.25) is 13.8 Å². The number of hydrogen-bond donors (Lipinski definition) is 0. The van der Waals surface area contributed by atoms with Gasteiger partial charge in [0, 0.05) is 18.9 Å². The highest BCUT2D eigenvalue weighted by Gasteiger charge is 2.20. The molecule has 6 nitrogen and oxygen atoms in total. The summed E-state index contributed by atoms with van der Waals surface area (Å²) in [6.07, 6.45) is 3.39. The summed E-state index contributed by atoms with van der Waals surface area (Å²) in [5, 5.41) is 10.2. The third-order valence-corrected chi connectivity index (χ3v) is 5.41. The molecule has 1 aromatic carbocycles. The number of fused-ring (bicyclic) bond motifs is 3. The van der Waals surface area contributed by atoms with Gasteiger partial charge in [-0.2, -0.15) is 0 Å². The third-order valence-electron chi connectivity index (χ3n) is 4.35. The van der Waals surface area contributed by atoms with Crippen LogP contribution in [0.3, 0.4) is 0 Å². The van der Waals surface area contributed by atoms with Crippen molar-refractivity contribution in [3.63, 3.8) is 0 Å². The number of thioether (sulfide) groups is 1. The van der Waals surface area contributed by atoms with E-state index in [1.54, 1.807) is 16.3 Å². The molecule has 0 bridgehead atoms. The number of ether oxygens (including phenoxy) is 1. The molecule has 1 fully saturated rings. The Bertz CT molecular complexity index is 927. The molecule has 2 aromatic heterocycles. The van der Waals surface area contributed by atoms with E-state index in [2.05, 4.69) is 17.1 Å². The van der Waals surface area contributed by atoms with E-state index >= 15 is 0 Å². The van der Waals surface area contributed by atoms with Crippen LogP contribution in [-0.4, -0.2) is 37.6 Å². The minimum Gasteiger partial charge on any atom is -0.377 e. The van der Waals surface area contributed by atoms with Gasteiger partial charge in [-0.1, -0.05) is 30.8 Å². The molecular formula is C17H20N4O2S. The highest BCUT2D eigenvalue weighted by Crippen LogP contribution is 2.25. The van der Waals surface area contributed by atoms with Crippen LogP contribution in [0.15, 0.2) is 34.2 Å². The summed E-state index contributed by atoms with van der Waals surface area (Å²) in [6, 6.07) is 7.67. The van der Waals surface area contributed by atoms with Crippen molar-refractivity contribution >= 4 is 28.4 Å². The lowest BCUT2D eigenvalue weighted by atomic mass is 10.2. The number of benzene rings is 1. The topological polar surface area (TPSA) is 61.4 Å². The van der Waals surface area contributed by atoms with Crippen LogP contribution < -0.4 is 5.56 Å². The summed E-state index contributed by atoms with van der Waals surface area (Å²) >= 11 is 1.65. The van der Waals surface area contributed by atoms with Crippen LogP contribution in [0.1, 0.15) is 26.2 Å². The first-order chi connectivity index (χ1) is 11.8. The molecule has 0 radical (unpaired) electrons. The van der Waals surface area contributed by atoms with E-state index < -0.39 is 0 Å². The fraction of sp³-hybridized carbons (Fsp3) is 0.471. The molecular weight excluding hydrogens is 324 g/mol. The molecule has 1 aliphatic rings. The van der Waals surface area contributed by atoms with E-state index in [0.717, 1.165) is 42.3 Å². The van der Waals surface area contributed by atoms with Crippen LogP contribution in [-0.2, 0) is 11.3 Å². The molecule has 126 valence electrons. The van der Waals surface area contributed by atoms with Crippen LogP contribution in [0.5, 0.6) is 0 Å². The van der Waals surface area contributed by atoms with Crippen molar-refractivity contribution in [3.8, 4) is 0 Å². The summed E-state index contributed by atoms with van der Waals surface area (Å²) in [4.78, 5) is 12.8. The molecule has 0 spiro atoms. The summed E-state index contributed by atoms with van der Waals surface area (Å²) in [5.41, 5.74) is 0.868. The lowest BCUT2D eigenvalue weighted by Gasteiger charge is -2.11. The molecule has 7 heteroatoms. The summed E-state index contributed by atoms with van der Waals surface area (Å²) < 4.78 is 9.43. The Hall–Kier alpha value is -1.86. The Labute approximate surface area is 143 Å². The Morgan fingerprint density at radius 2 is 2.21 bits per heavy atom. The normalized spacial score (nSPS) is 18.0. The lowest BCUT2D eigenvalue weighted by Crippen LogP contribution is -2.23. The number of rotatable bonds is 5. The fourth-order valence-electron chi connectivity index (χ4n) is 3.20. The van der Waals surface area contributed by atoms with Crippen molar-refractivity contribution in [1.82, 2.24) is 19.2 Å². The van der Waals surface area contributed by atoms with E-state index in [0.29, 0.717) is 17.7 Å². The molecule has 0 amide bonds. The number of hydrogen-bond acceptors (Lipinski definition) is 5. The SMILES string of the molecule is CCCn1c(=O)c2ccccc2n2c(SCC3CCCO3)nnc12. The minimum absolute atomic E-state index is 0.00280. The fourth-order valence-corrected chi connectivity index (χ4v) is 4.20. The zero-order valence-corrected chi connectivity index (χ0v) is 14.5. The van der Waals surface area contributed by atoms with Crippen molar-refractivity contribution in [3.05, 3.63) is 34.6 Å². The van der Waals surface area contributed by atoms with Crippen LogP contribution in [0.2, 0.25) is 0 Å². The molecule has 24 heavy (non-hydrogen) atoms. The maximum Gasteiger partial charge on any atom is 0.262 e. The predicted octanol–water partition coefficient (Wildman–Crippen LogP) is 2.73. The van der Waals surface area contributed by atoms with Crippen LogP contribution in [0, 0.1) is 0 Å². The number of aromatic nitrogens is 4. The molecule has 0 N–H and O–H groups in total. The van der Waals surface area contributed by atoms with Gasteiger partial charge in [-0.05, 0) is 31.4 Å². The number of aryl methyl sites for hydroxylation is 1. The molecule has 1 unspecified atom stereocenters. The smallest absolute Gasteiger partial charge is 0.262 e. The van der Waals surface area contributed by atoms with Crippen molar-refractivity contribution in [1.29, 1.82) is 0 Å². The van der Waals surface area contributed by atoms with Gasteiger partial charge in [0.25, 0.3) is 5.56 Å². The molecule has 0 saturated carbocycles. The number of nitrogens with zero attached hydrogens (tertiary/aromatic N) is 4. The second-order valence-corrected chi connectivity index (χ2v) is 7.03. The molecule has 3 aromatic rings. The van der Waals surface area contributed by atoms with Gasteiger partial charge in [0.15, 0.2) is 5.16 Å². The van der Waals surface area contributed by atoms with Crippen LogP contribution in [0.4, 0.5) is 0 Å². The molecule has 1 saturated heterocycles. The van der Waals surface area contributed by atoms with E-state index in [9.17, 15) is 4.79 Å². The van der Waals surface area contributed by atoms with E-state index in [1.807, 2.05) is 28.7 Å². The second kappa shape index (κ2) is 6.57. The quantitative estimate of drug-likeness (QED) is 0.666. The van der Waals surface area contributed by atoms with Crippen molar-refractivity contribution in [2.45, 2.75) is 44.0 Å². The van der Waals surface area contributed by atoms with Crippen molar-refractivity contribution in [2.75, 3.05) is 12.4 Å². The molecule has 1 atom stereocenters. The monoisotopic (exact) mass is 344 g/mol. The van der Waals surface area contributed by atoms with E-state index in [4.69, 9.17) is 4.74 Å². The molecule has 0 aliphatic carbocycles. The maximum absolute atomic E-state index is 12.8. The average Bonchev–Trinajstić information content (AvgIpc) is 3.26. The van der Waals surface area contributed by atoms with Gasteiger partial charge in [0.1, 0.15) is 0 Å². The van der Waals surface area contributed by atoms with Gasteiger partial charge in [0.2, 0.25) is 5.78 Å². The van der Waals surface area contributed by atoms with E-state index in [-0.39, 0.29) is 11.7 Å². The van der Waals surface area contributed by atoms with Gasteiger partial charge in [0.05, 0.1) is 17.0 Å². The van der Waals surface area contributed by atoms with E-state index in [1.165, 1.54) is 0 Å². The third kappa shape index (κ3) is 2.61.